The third kappa shape index (κ3) is 4.92. The number of carbonyl (C=O) groups is 1. The minimum Gasteiger partial charge on any atom is -0.345 e. The van der Waals surface area contributed by atoms with Crippen molar-refractivity contribution >= 4 is 12.0 Å². The van der Waals surface area contributed by atoms with E-state index in [1.165, 1.54) is 5.56 Å². The van der Waals surface area contributed by atoms with E-state index in [9.17, 15) is 4.79 Å². The van der Waals surface area contributed by atoms with E-state index in [0.717, 1.165) is 28.9 Å². The maximum atomic E-state index is 12.7. The minimum absolute atomic E-state index is 0.110. The maximum absolute atomic E-state index is 12.7. The Labute approximate surface area is 176 Å². The van der Waals surface area contributed by atoms with Crippen LogP contribution in [-0.2, 0) is 11.2 Å². The summed E-state index contributed by atoms with van der Waals surface area (Å²) in [7, 11) is 0. The zero-order chi connectivity index (χ0) is 20.6. The number of nitrogens with zero attached hydrogens (tertiary/aromatic N) is 1. The number of nitrogens with one attached hydrogen (secondary N) is 2. The van der Waals surface area contributed by atoms with Gasteiger partial charge in [-0.3, -0.25) is 4.79 Å². The second kappa shape index (κ2) is 9.52. The van der Waals surface area contributed by atoms with Crippen LogP contribution in [0.2, 0.25) is 0 Å². The molecule has 2 N–H and O–H groups in total. The standard InChI is InChI=1S/C26H23N3O/c30-25(17-16-23-26(28-19-27-23)22-14-8-3-9-15-22)29-24(21-12-6-2-7-13-21)18-20-10-4-1-5-11-20/h1-17,19,24H,18H2,(H,27,28)(H,29,30)/b17-16-. The molecule has 4 rings (SSSR count). The van der Waals surface area contributed by atoms with E-state index in [1.54, 1.807) is 18.5 Å². The van der Waals surface area contributed by atoms with Gasteiger partial charge in [0, 0.05) is 11.6 Å². The van der Waals surface area contributed by atoms with Gasteiger partial charge in [-0.2, -0.15) is 0 Å². The summed E-state index contributed by atoms with van der Waals surface area (Å²) < 4.78 is 0. The lowest BCUT2D eigenvalue weighted by atomic mass is 9.99. The van der Waals surface area contributed by atoms with Crippen molar-refractivity contribution in [3.05, 3.63) is 120 Å². The summed E-state index contributed by atoms with van der Waals surface area (Å²) in [5, 5.41) is 3.14. The number of aromatic amines is 1. The predicted octanol–water partition coefficient (Wildman–Crippen LogP) is 5.19. The van der Waals surface area contributed by atoms with Crippen LogP contribution in [0.3, 0.4) is 0 Å². The normalized spacial score (nSPS) is 12.0. The van der Waals surface area contributed by atoms with Gasteiger partial charge in [0.25, 0.3) is 0 Å². The first-order valence-corrected chi connectivity index (χ1v) is 9.96. The molecule has 1 atom stereocenters. The predicted molar refractivity (Wildman–Crippen MR) is 121 cm³/mol. The van der Waals surface area contributed by atoms with Gasteiger partial charge in [0.05, 0.1) is 23.8 Å². The molecule has 0 bridgehead atoms. The summed E-state index contributed by atoms with van der Waals surface area (Å²) in [6.07, 6.45) is 5.70. The second-order valence-corrected chi connectivity index (χ2v) is 7.03. The topological polar surface area (TPSA) is 57.8 Å². The van der Waals surface area contributed by atoms with Crippen LogP contribution in [0, 0.1) is 0 Å². The van der Waals surface area contributed by atoms with E-state index >= 15 is 0 Å². The molecule has 0 fully saturated rings. The van der Waals surface area contributed by atoms with E-state index < -0.39 is 0 Å². The number of hydrogen-bond donors (Lipinski definition) is 2. The Morgan fingerprint density at radius 2 is 1.53 bits per heavy atom. The second-order valence-electron chi connectivity index (χ2n) is 7.03. The van der Waals surface area contributed by atoms with Crippen molar-refractivity contribution in [2.75, 3.05) is 0 Å². The summed E-state index contributed by atoms with van der Waals surface area (Å²) in [4.78, 5) is 20.2. The molecular weight excluding hydrogens is 370 g/mol. The number of amides is 1. The highest BCUT2D eigenvalue weighted by Gasteiger charge is 2.14. The Hall–Kier alpha value is -3.92. The number of H-pyrrole nitrogens is 1. The molecule has 3 aromatic carbocycles. The molecule has 0 saturated heterocycles. The number of aromatic nitrogens is 2. The molecule has 0 aliphatic heterocycles. The van der Waals surface area contributed by atoms with Crippen molar-refractivity contribution in [3.8, 4) is 11.3 Å². The summed E-state index contributed by atoms with van der Waals surface area (Å²) >= 11 is 0. The van der Waals surface area contributed by atoms with Crippen LogP contribution in [0.15, 0.2) is 103 Å². The van der Waals surface area contributed by atoms with Crippen LogP contribution in [-0.4, -0.2) is 15.9 Å². The van der Waals surface area contributed by atoms with Crippen LogP contribution >= 0.6 is 0 Å². The van der Waals surface area contributed by atoms with Crippen LogP contribution in [0.1, 0.15) is 22.9 Å². The molecule has 1 heterocycles. The maximum Gasteiger partial charge on any atom is 0.244 e. The molecule has 4 aromatic rings. The van der Waals surface area contributed by atoms with Crippen molar-refractivity contribution in [1.82, 2.24) is 15.3 Å². The van der Waals surface area contributed by atoms with Crippen LogP contribution in [0.5, 0.6) is 0 Å². The summed E-state index contributed by atoms with van der Waals surface area (Å²) in [6.45, 7) is 0. The van der Waals surface area contributed by atoms with E-state index in [-0.39, 0.29) is 11.9 Å². The lowest BCUT2D eigenvalue weighted by Gasteiger charge is -2.18. The van der Waals surface area contributed by atoms with Gasteiger partial charge in [0.15, 0.2) is 0 Å². The Bertz CT molecular complexity index is 1100. The van der Waals surface area contributed by atoms with Crippen molar-refractivity contribution < 1.29 is 4.79 Å². The molecule has 1 aromatic heterocycles. The minimum atomic E-state index is -0.145. The number of benzene rings is 3. The van der Waals surface area contributed by atoms with Crippen molar-refractivity contribution in [1.29, 1.82) is 0 Å². The Morgan fingerprint density at radius 1 is 0.900 bits per heavy atom. The Balaban J connectivity index is 1.50. The molecule has 0 spiro atoms. The van der Waals surface area contributed by atoms with Crippen molar-refractivity contribution in [2.24, 2.45) is 0 Å². The quantitative estimate of drug-likeness (QED) is 0.425. The van der Waals surface area contributed by atoms with E-state index in [2.05, 4.69) is 27.4 Å². The van der Waals surface area contributed by atoms with Gasteiger partial charge >= 0.3 is 0 Å². The van der Waals surface area contributed by atoms with Crippen LogP contribution in [0.4, 0.5) is 0 Å². The first kappa shape index (κ1) is 19.4. The zero-order valence-electron chi connectivity index (χ0n) is 16.5. The molecule has 0 saturated carbocycles. The molecule has 148 valence electrons. The summed E-state index contributed by atoms with van der Waals surface area (Å²) in [6, 6.07) is 30.0. The fraction of sp³-hybridized carbons (Fsp3) is 0.0769. The van der Waals surface area contributed by atoms with E-state index in [4.69, 9.17) is 0 Å². The average molecular weight is 393 g/mol. The smallest absolute Gasteiger partial charge is 0.244 e. The average Bonchev–Trinajstić information content (AvgIpc) is 3.28. The van der Waals surface area contributed by atoms with E-state index in [1.807, 2.05) is 78.9 Å². The highest BCUT2D eigenvalue weighted by atomic mass is 16.1. The van der Waals surface area contributed by atoms with Gasteiger partial charge in [-0.25, -0.2) is 4.98 Å². The summed E-state index contributed by atoms with van der Waals surface area (Å²) in [5.74, 6) is -0.145. The van der Waals surface area contributed by atoms with Gasteiger partial charge in [-0.05, 0) is 23.6 Å². The highest BCUT2D eigenvalue weighted by Crippen LogP contribution is 2.21. The third-order valence-corrected chi connectivity index (χ3v) is 4.92. The molecule has 4 heteroatoms. The van der Waals surface area contributed by atoms with Crippen LogP contribution < -0.4 is 5.32 Å². The Morgan fingerprint density at radius 3 is 2.23 bits per heavy atom. The monoisotopic (exact) mass is 393 g/mol. The van der Waals surface area contributed by atoms with Crippen molar-refractivity contribution in [3.63, 3.8) is 0 Å². The number of carbonyl (C=O) groups excluding carboxylic acids is 1. The van der Waals surface area contributed by atoms with Gasteiger partial charge in [-0.1, -0.05) is 91.0 Å². The lowest BCUT2D eigenvalue weighted by Crippen LogP contribution is -2.28. The molecule has 1 amide bonds. The van der Waals surface area contributed by atoms with Gasteiger partial charge in [0.2, 0.25) is 5.91 Å². The Kier molecular flexibility index (Phi) is 6.16. The highest BCUT2D eigenvalue weighted by molar-refractivity contribution is 5.92. The van der Waals surface area contributed by atoms with E-state index in [0.29, 0.717) is 0 Å². The molecule has 4 nitrogen and oxygen atoms in total. The number of rotatable bonds is 7. The molecule has 0 aliphatic carbocycles. The zero-order valence-corrected chi connectivity index (χ0v) is 16.5. The van der Waals surface area contributed by atoms with Gasteiger partial charge in [-0.15, -0.1) is 0 Å². The van der Waals surface area contributed by atoms with Crippen molar-refractivity contribution in [2.45, 2.75) is 12.5 Å². The summed E-state index contributed by atoms with van der Waals surface area (Å²) in [5.41, 5.74) is 4.88. The first-order valence-electron chi connectivity index (χ1n) is 9.96. The van der Waals surface area contributed by atoms with Gasteiger partial charge < -0.3 is 10.3 Å². The van der Waals surface area contributed by atoms with Crippen LogP contribution in [0.25, 0.3) is 17.3 Å². The fourth-order valence-electron chi connectivity index (χ4n) is 3.42. The molecule has 30 heavy (non-hydrogen) atoms. The first-order chi connectivity index (χ1) is 14.8. The molecular formula is C26H23N3O. The fourth-order valence-corrected chi connectivity index (χ4v) is 3.42. The molecule has 0 radical (unpaired) electrons. The molecule has 1 unspecified atom stereocenters. The third-order valence-electron chi connectivity index (χ3n) is 4.92. The largest absolute Gasteiger partial charge is 0.345 e. The lowest BCUT2D eigenvalue weighted by molar-refractivity contribution is -0.117. The molecule has 0 aliphatic rings. The number of hydrogen-bond acceptors (Lipinski definition) is 2. The number of imidazole rings is 1. The van der Waals surface area contributed by atoms with Gasteiger partial charge in [0.1, 0.15) is 0 Å². The SMILES string of the molecule is O=C(/C=C\c1[nH]cnc1-c1ccccc1)NC(Cc1ccccc1)c1ccccc1.